The quantitative estimate of drug-likeness (QED) is 0.752. The van der Waals surface area contributed by atoms with E-state index in [1.165, 1.54) is 0 Å². The lowest BCUT2D eigenvalue weighted by molar-refractivity contribution is -0.151. The molecule has 1 saturated carbocycles. The van der Waals surface area contributed by atoms with Crippen LogP contribution in [0.4, 0.5) is 0 Å². The average molecular weight is 251 g/mol. The molecule has 2 aliphatic carbocycles. The van der Waals surface area contributed by atoms with Gasteiger partial charge in [-0.2, -0.15) is 0 Å². The molecule has 0 saturated heterocycles. The fourth-order valence-electron chi connectivity index (χ4n) is 2.93. The number of amides is 1. The van der Waals surface area contributed by atoms with Gasteiger partial charge in [0, 0.05) is 12.5 Å². The molecule has 0 aliphatic heterocycles. The summed E-state index contributed by atoms with van der Waals surface area (Å²) >= 11 is 0. The van der Waals surface area contributed by atoms with Gasteiger partial charge in [-0.3, -0.25) is 9.59 Å². The molecule has 18 heavy (non-hydrogen) atoms. The Kier molecular flexibility index (Phi) is 4.04. The first-order valence-electron chi connectivity index (χ1n) is 6.80. The zero-order valence-electron chi connectivity index (χ0n) is 10.7. The molecule has 0 spiro atoms. The summed E-state index contributed by atoms with van der Waals surface area (Å²) in [5.41, 5.74) is -0.722. The van der Waals surface area contributed by atoms with Crippen LogP contribution >= 0.6 is 0 Å². The Balaban J connectivity index is 1.89. The van der Waals surface area contributed by atoms with Gasteiger partial charge < -0.3 is 10.4 Å². The Morgan fingerprint density at radius 1 is 1.17 bits per heavy atom. The summed E-state index contributed by atoms with van der Waals surface area (Å²) in [4.78, 5) is 23.4. The van der Waals surface area contributed by atoms with Crippen molar-refractivity contribution in [2.45, 2.75) is 44.9 Å². The SMILES string of the molecule is O=C(NCC1(C(=O)O)CCCCC1)C1CC=CC1. The highest BCUT2D eigenvalue weighted by molar-refractivity contribution is 5.81. The number of carboxylic acid groups (broad SMARTS) is 1. The van der Waals surface area contributed by atoms with Gasteiger partial charge in [0.05, 0.1) is 5.41 Å². The molecule has 2 rings (SSSR count). The van der Waals surface area contributed by atoms with Crippen molar-refractivity contribution in [3.8, 4) is 0 Å². The lowest BCUT2D eigenvalue weighted by atomic mass is 9.74. The van der Waals surface area contributed by atoms with Gasteiger partial charge in [0.25, 0.3) is 0 Å². The largest absolute Gasteiger partial charge is 0.481 e. The molecule has 100 valence electrons. The lowest BCUT2D eigenvalue weighted by Gasteiger charge is -2.33. The number of carbonyl (C=O) groups excluding carboxylic acids is 1. The number of rotatable bonds is 4. The lowest BCUT2D eigenvalue weighted by Crippen LogP contribution is -2.45. The summed E-state index contributed by atoms with van der Waals surface area (Å²) in [6.45, 7) is 0.289. The fraction of sp³-hybridized carbons (Fsp3) is 0.714. The molecule has 0 aromatic heterocycles. The van der Waals surface area contributed by atoms with Crippen LogP contribution in [0.5, 0.6) is 0 Å². The highest BCUT2D eigenvalue weighted by Crippen LogP contribution is 2.36. The molecule has 2 N–H and O–H groups in total. The minimum Gasteiger partial charge on any atom is -0.481 e. The Labute approximate surface area is 107 Å². The van der Waals surface area contributed by atoms with Crippen LogP contribution in [0.3, 0.4) is 0 Å². The summed E-state index contributed by atoms with van der Waals surface area (Å²) in [6, 6.07) is 0. The third kappa shape index (κ3) is 2.74. The maximum absolute atomic E-state index is 11.9. The van der Waals surface area contributed by atoms with Crippen molar-refractivity contribution < 1.29 is 14.7 Å². The normalized spacial score (nSPS) is 22.9. The number of hydrogen-bond donors (Lipinski definition) is 2. The third-order valence-corrected chi connectivity index (χ3v) is 4.24. The van der Waals surface area contributed by atoms with Gasteiger partial charge in [0.1, 0.15) is 0 Å². The number of allylic oxidation sites excluding steroid dienone is 2. The summed E-state index contributed by atoms with van der Waals surface area (Å²) < 4.78 is 0. The van der Waals surface area contributed by atoms with Gasteiger partial charge in [-0.1, -0.05) is 31.4 Å². The third-order valence-electron chi connectivity index (χ3n) is 4.24. The van der Waals surface area contributed by atoms with Crippen LogP contribution in [-0.2, 0) is 9.59 Å². The molecule has 0 aromatic rings. The first-order valence-corrected chi connectivity index (χ1v) is 6.80. The van der Waals surface area contributed by atoms with E-state index in [1.807, 2.05) is 12.2 Å². The Hall–Kier alpha value is -1.32. The maximum atomic E-state index is 11.9. The number of carboxylic acids is 1. The molecule has 4 heteroatoms. The van der Waals surface area contributed by atoms with Crippen molar-refractivity contribution in [2.24, 2.45) is 11.3 Å². The minimum absolute atomic E-state index is 0.00574. The zero-order chi connectivity index (χ0) is 13.0. The second-order valence-corrected chi connectivity index (χ2v) is 5.50. The van der Waals surface area contributed by atoms with Gasteiger partial charge in [-0.15, -0.1) is 0 Å². The predicted molar refractivity (Wildman–Crippen MR) is 68.0 cm³/mol. The number of hydrogen-bond acceptors (Lipinski definition) is 2. The highest BCUT2D eigenvalue weighted by Gasteiger charge is 2.40. The van der Waals surface area contributed by atoms with E-state index >= 15 is 0 Å². The zero-order valence-corrected chi connectivity index (χ0v) is 10.7. The van der Waals surface area contributed by atoms with Crippen molar-refractivity contribution in [2.75, 3.05) is 6.54 Å². The average Bonchev–Trinajstić information content (AvgIpc) is 2.91. The molecule has 1 amide bonds. The predicted octanol–water partition coefficient (Wildman–Crippen LogP) is 2.10. The van der Waals surface area contributed by atoms with Crippen molar-refractivity contribution in [1.29, 1.82) is 0 Å². The van der Waals surface area contributed by atoms with Crippen molar-refractivity contribution in [1.82, 2.24) is 5.32 Å². The van der Waals surface area contributed by atoms with Gasteiger partial charge in [-0.05, 0) is 25.7 Å². The number of aliphatic carboxylic acids is 1. The van der Waals surface area contributed by atoms with Crippen LogP contribution in [-0.4, -0.2) is 23.5 Å². The van der Waals surface area contributed by atoms with Gasteiger partial charge in [0.2, 0.25) is 5.91 Å². The Morgan fingerprint density at radius 2 is 1.78 bits per heavy atom. The smallest absolute Gasteiger partial charge is 0.311 e. The highest BCUT2D eigenvalue weighted by atomic mass is 16.4. The van der Waals surface area contributed by atoms with E-state index in [-0.39, 0.29) is 18.4 Å². The van der Waals surface area contributed by atoms with Crippen LogP contribution in [0.25, 0.3) is 0 Å². The Morgan fingerprint density at radius 3 is 2.33 bits per heavy atom. The van der Waals surface area contributed by atoms with E-state index in [9.17, 15) is 14.7 Å². The second kappa shape index (κ2) is 5.55. The van der Waals surface area contributed by atoms with Gasteiger partial charge in [-0.25, -0.2) is 0 Å². The molecule has 0 radical (unpaired) electrons. The van der Waals surface area contributed by atoms with Crippen LogP contribution in [0.2, 0.25) is 0 Å². The topological polar surface area (TPSA) is 66.4 Å². The van der Waals surface area contributed by atoms with E-state index in [1.54, 1.807) is 0 Å². The Bertz CT molecular complexity index is 348. The van der Waals surface area contributed by atoms with E-state index < -0.39 is 11.4 Å². The molecule has 0 heterocycles. The van der Waals surface area contributed by atoms with Crippen molar-refractivity contribution in [3.05, 3.63) is 12.2 Å². The molecule has 2 aliphatic rings. The number of nitrogens with one attached hydrogen (secondary N) is 1. The summed E-state index contributed by atoms with van der Waals surface area (Å²) in [6.07, 6.45) is 9.97. The molecular formula is C14H21NO3. The standard InChI is InChI=1S/C14H21NO3/c16-12(11-6-2-3-7-11)15-10-14(13(17)18)8-4-1-5-9-14/h2-3,11H,1,4-10H2,(H,15,16)(H,17,18). The summed E-state index contributed by atoms with van der Waals surface area (Å²) in [5, 5.41) is 12.3. The second-order valence-electron chi connectivity index (χ2n) is 5.50. The molecule has 0 unspecified atom stereocenters. The molecule has 1 fully saturated rings. The maximum Gasteiger partial charge on any atom is 0.311 e. The van der Waals surface area contributed by atoms with Crippen LogP contribution in [0.1, 0.15) is 44.9 Å². The van der Waals surface area contributed by atoms with Crippen molar-refractivity contribution in [3.63, 3.8) is 0 Å². The molecule has 0 atom stereocenters. The van der Waals surface area contributed by atoms with Gasteiger partial charge >= 0.3 is 5.97 Å². The van der Waals surface area contributed by atoms with Crippen molar-refractivity contribution >= 4 is 11.9 Å². The molecule has 0 aromatic carbocycles. The fourth-order valence-corrected chi connectivity index (χ4v) is 2.93. The van der Waals surface area contributed by atoms with Crippen LogP contribution < -0.4 is 5.32 Å². The van der Waals surface area contributed by atoms with E-state index in [4.69, 9.17) is 0 Å². The summed E-state index contributed by atoms with van der Waals surface area (Å²) in [7, 11) is 0. The monoisotopic (exact) mass is 251 g/mol. The molecule has 4 nitrogen and oxygen atoms in total. The first kappa shape index (κ1) is 13.1. The van der Waals surface area contributed by atoms with E-state index in [0.29, 0.717) is 12.8 Å². The first-order chi connectivity index (χ1) is 8.64. The number of carbonyl (C=O) groups is 2. The van der Waals surface area contributed by atoms with E-state index in [2.05, 4.69) is 5.32 Å². The minimum atomic E-state index is -0.757. The van der Waals surface area contributed by atoms with E-state index in [0.717, 1.165) is 32.1 Å². The molecular weight excluding hydrogens is 230 g/mol. The van der Waals surface area contributed by atoms with Crippen LogP contribution in [0.15, 0.2) is 12.2 Å². The summed E-state index contributed by atoms with van der Waals surface area (Å²) in [5.74, 6) is -0.738. The van der Waals surface area contributed by atoms with Gasteiger partial charge in [0.15, 0.2) is 0 Å². The van der Waals surface area contributed by atoms with Crippen LogP contribution in [0, 0.1) is 11.3 Å². The molecule has 0 bridgehead atoms.